The number of fused-ring (bicyclic) bond motifs is 1. The fraction of sp³-hybridized carbons (Fsp3) is 0.333. The fourth-order valence-corrected chi connectivity index (χ4v) is 3.32. The van der Waals surface area contributed by atoms with Gasteiger partial charge >= 0.3 is 0 Å². The Labute approximate surface area is 134 Å². The van der Waals surface area contributed by atoms with E-state index < -0.39 is 0 Å². The van der Waals surface area contributed by atoms with E-state index in [1.54, 1.807) is 24.5 Å². The number of benzene rings is 1. The zero-order valence-corrected chi connectivity index (χ0v) is 13.1. The summed E-state index contributed by atoms with van der Waals surface area (Å²) >= 11 is 0. The average molecular weight is 310 g/mol. The SMILES string of the molecule is CN(Cc1cnc2cnccn12)C(c1ccc(F)cc1)C1CC1. The summed E-state index contributed by atoms with van der Waals surface area (Å²) in [6, 6.07) is 7.25. The Morgan fingerprint density at radius 2 is 2.04 bits per heavy atom. The largest absolute Gasteiger partial charge is 0.300 e. The zero-order valence-electron chi connectivity index (χ0n) is 13.1. The summed E-state index contributed by atoms with van der Waals surface area (Å²) in [5.41, 5.74) is 3.19. The number of imidazole rings is 1. The zero-order chi connectivity index (χ0) is 15.8. The fourth-order valence-electron chi connectivity index (χ4n) is 3.32. The summed E-state index contributed by atoms with van der Waals surface area (Å²) in [5, 5.41) is 0. The second-order valence-electron chi connectivity index (χ2n) is 6.30. The summed E-state index contributed by atoms with van der Waals surface area (Å²) in [6.45, 7) is 0.795. The lowest BCUT2D eigenvalue weighted by atomic mass is 10.0. The van der Waals surface area contributed by atoms with Gasteiger partial charge in [-0.05, 0) is 43.5 Å². The lowest BCUT2D eigenvalue weighted by Gasteiger charge is -2.28. The van der Waals surface area contributed by atoms with Crippen LogP contribution in [0, 0.1) is 11.7 Å². The standard InChI is InChI=1S/C18H19FN4/c1-22(12-16-10-21-17-11-20-8-9-23(16)17)18(13-2-3-13)14-4-6-15(19)7-5-14/h4-11,13,18H,2-3,12H2,1H3. The Hall–Kier alpha value is -2.27. The van der Waals surface area contributed by atoms with Crippen LogP contribution < -0.4 is 0 Å². The Kier molecular flexibility index (Phi) is 3.58. The first-order valence-electron chi connectivity index (χ1n) is 7.94. The van der Waals surface area contributed by atoms with E-state index in [1.165, 1.54) is 18.4 Å². The van der Waals surface area contributed by atoms with Crippen molar-refractivity contribution in [1.29, 1.82) is 0 Å². The Bertz CT molecular complexity index is 807. The van der Waals surface area contributed by atoms with Crippen molar-refractivity contribution < 1.29 is 4.39 Å². The maximum atomic E-state index is 13.2. The van der Waals surface area contributed by atoms with Gasteiger partial charge in [0.25, 0.3) is 0 Å². The van der Waals surface area contributed by atoms with Gasteiger partial charge in [0.05, 0.1) is 18.1 Å². The van der Waals surface area contributed by atoms with E-state index >= 15 is 0 Å². The number of hydrogen-bond acceptors (Lipinski definition) is 3. The van der Waals surface area contributed by atoms with Crippen molar-refractivity contribution in [3.63, 3.8) is 0 Å². The van der Waals surface area contributed by atoms with E-state index in [1.807, 2.05) is 24.5 Å². The molecule has 5 heteroatoms. The minimum Gasteiger partial charge on any atom is -0.300 e. The first-order chi connectivity index (χ1) is 11.2. The van der Waals surface area contributed by atoms with Crippen LogP contribution >= 0.6 is 0 Å². The molecule has 0 amide bonds. The molecule has 0 radical (unpaired) electrons. The molecule has 1 atom stereocenters. The molecular formula is C18H19FN4. The third-order valence-electron chi connectivity index (χ3n) is 4.56. The molecule has 2 aromatic heterocycles. The van der Waals surface area contributed by atoms with Gasteiger partial charge in [-0.1, -0.05) is 12.1 Å². The average Bonchev–Trinajstić information content (AvgIpc) is 3.31. The van der Waals surface area contributed by atoms with Crippen molar-refractivity contribution in [2.75, 3.05) is 7.05 Å². The van der Waals surface area contributed by atoms with Gasteiger partial charge in [-0.3, -0.25) is 14.3 Å². The highest BCUT2D eigenvalue weighted by Crippen LogP contribution is 2.44. The van der Waals surface area contributed by atoms with E-state index in [2.05, 4.69) is 26.3 Å². The predicted octanol–water partition coefficient (Wildman–Crippen LogP) is 3.45. The highest BCUT2D eigenvalue weighted by molar-refractivity contribution is 5.37. The van der Waals surface area contributed by atoms with Gasteiger partial charge in [0.1, 0.15) is 5.82 Å². The van der Waals surface area contributed by atoms with Gasteiger partial charge in [0.15, 0.2) is 5.65 Å². The molecule has 3 aromatic rings. The number of halogens is 1. The number of aromatic nitrogens is 3. The molecule has 1 fully saturated rings. The topological polar surface area (TPSA) is 33.4 Å². The molecule has 1 aliphatic rings. The van der Waals surface area contributed by atoms with Crippen LogP contribution in [-0.4, -0.2) is 26.3 Å². The van der Waals surface area contributed by atoms with Gasteiger partial charge in [-0.2, -0.15) is 0 Å². The van der Waals surface area contributed by atoms with Gasteiger partial charge < -0.3 is 0 Å². The van der Waals surface area contributed by atoms with Crippen molar-refractivity contribution in [1.82, 2.24) is 19.3 Å². The lowest BCUT2D eigenvalue weighted by molar-refractivity contribution is 0.209. The van der Waals surface area contributed by atoms with Crippen molar-refractivity contribution in [3.05, 3.63) is 66.1 Å². The first kappa shape index (κ1) is 14.3. The van der Waals surface area contributed by atoms with Crippen LogP contribution in [0.3, 0.4) is 0 Å². The first-order valence-corrected chi connectivity index (χ1v) is 7.94. The predicted molar refractivity (Wildman–Crippen MR) is 86.3 cm³/mol. The van der Waals surface area contributed by atoms with E-state index in [0.717, 1.165) is 17.9 Å². The summed E-state index contributed by atoms with van der Waals surface area (Å²) < 4.78 is 15.3. The van der Waals surface area contributed by atoms with E-state index in [0.29, 0.717) is 12.0 Å². The molecule has 1 unspecified atom stereocenters. The van der Waals surface area contributed by atoms with Gasteiger partial charge in [-0.15, -0.1) is 0 Å². The molecule has 4 nitrogen and oxygen atoms in total. The maximum Gasteiger partial charge on any atom is 0.155 e. The second-order valence-corrected chi connectivity index (χ2v) is 6.30. The Morgan fingerprint density at radius 3 is 2.78 bits per heavy atom. The van der Waals surface area contributed by atoms with E-state index in [-0.39, 0.29) is 5.82 Å². The molecule has 2 heterocycles. The van der Waals surface area contributed by atoms with E-state index in [9.17, 15) is 4.39 Å². The minimum atomic E-state index is -0.180. The highest BCUT2D eigenvalue weighted by atomic mass is 19.1. The van der Waals surface area contributed by atoms with Gasteiger partial charge in [-0.25, -0.2) is 9.37 Å². The Morgan fingerprint density at radius 1 is 1.26 bits per heavy atom. The van der Waals surface area contributed by atoms with Crippen LogP contribution in [0.2, 0.25) is 0 Å². The smallest absolute Gasteiger partial charge is 0.155 e. The van der Waals surface area contributed by atoms with Gasteiger partial charge in [0.2, 0.25) is 0 Å². The molecule has 1 aliphatic carbocycles. The second kappa shape index (κ2) is 5.74. The molecule has 118 valence electrons. The summed E-state index contributed by atoms with van der Waals surface area (Å²) in [4.78, 5) is 10.8. The summed E-state index contributed by atoms with van der Waals surface area (Å²) in [7, 11) is 2.13. The molecule has 0 aliphatic heterocycles. The minimum absolute atomic E-state index is 0.180. The van der Waals surface area contributed by atoms with Crippen LogP contribution in [-0.2, 0) is 6.54 Å². The van der Waals surface area contributed by atoms with Crippen molar-refractivity contribution in [2.45, 2.75) is 25.4 Å². The third-order valence-corrected chi connectivity index (χ3v) is 4.56. The Balaban J connectivity index is 1.60. The van der Waals surface area contributed by atoms with Crippen molar-refractivity contribution in [3.8, 4) is 0 Å². The molecular weight excluding hydrogens is 291 g/mol. The van der Waals surface area contributed by atoms with Crippen LogP contribution in [0.15, 0.2) is 49.1 Å². The third kappa shape index (κ3) is 2.84. The van der Waals surface area contributed by atoms with Crippen LogP contribution in [0.1, 0.15) is 30.1 Å². The van der Waals surface area contributed by atoms with Crippen LogP contribution in [0.4, 0.5) is 4.39 Å². The number of hydrogen-bond donors (Lipinski definition) is 0. The normalized spacial score (nSPS) is 16.1. The quantitative estimate of drug-likeness (QED) is 0.724. The molecule has 0 N–H and O–H groups in total. The van der Waals surface area contributed by atoms with E-state index in [4.69, 9.17) is 0 Å². The highest BCUT2D eigenvalue weighted by Gasteiger charge is 2.35. The van der Waals surface area contributed by atoms with Crippen LogP contribution in [0.5, 0.6) is 0 Å². The van der Waals surface area contributed by atoms with Crippen molar-refractivity contribution >= 4 is 5.65 Å². The molecule has 0 spiro atoms. The number of rotatable bonds is 5. The molecule has 1 saturated carbocycles. The lowest BCUT2D eigenvalue weighted by Crippen LogP contribution is -2.26. The van der Waals surface area contributed by atoms with Gasteiger partial charge in [0, 0.05) is 25.0 Å². The number of nitrogens with zero attached hydrogens (tertiary/aromatic N) is 4. The molecule has 23 heavy (non-hydrogen) atoms. The molecule has 0 bridgehead atoms. The molecule has 1 aromatic carbocycles. The summed E-state index contributed by atoms with van der Waals surface area (Å²) in [5.74, 6) is 0.478. The van der Waals surface area contributed by atoms with Crippen LogP contribution in [0.25, 0.3) is 5.65 Å². The monoisotopic (exact) mass is 310 g/mol. The summed E-state index contributed by atoms with van der Waals surface area (Å²) in [6.07, 6.45) is 9.86. The molecule has 4 rings (SSSR count). The van der Waals surface area contributed by atoms with Crippen molar-refractivity contribution in [2.24, 2.45) is 5.92 Å². The maximum absolute atomic E-state index is 13.2. The molecule has 0 saturated heterocycles.